The van der Waals surface area contributed by atoms with Gasteiger partial charge in [0, 0.05) is 0 Å². The quantitative estimate of drug-likeness (QED) is 0.414. The third kappa shape index (κ3) is 4.84. The first-order valence-corrected chi connectivity index (χ1v) is 10.2. The number of aromatic nitrogens is 2. The molecule has 5 nitrogen and oxygen atoms in total. The Hall–Kier alpha value is -2.53. The Morgan fingerprint density at radius 1 is 1.07 bits per heavy atom. The van der Waals surface area contributed by atoms with Crippen LogP contribution in [0, 0.1) is 6.92 Å². The number of ether oxygens (including phenoxy) is 1. The number of aliphatic hydroxyl groups excluding tert-OH is 1. The predicted molar refractivity (Wildman–Crippen MR) is 113 cm³/mol. The van der Waals surface area contributed by atoms with E-state index in [1.807, 2.05) is 47.9 Å². The summed E-state index contributed by atoms with van der Waals surface area (Å²) in [4.78, 5) is 0. The number of aliphatic hydroxyl groups is 1. The van der Waals surface area contributed by atoms with Crippen molar-refractivity contribution < 1.29 is 14.4 Å². The highest BCUT2D eigenvalue weighted by Gasteiger charge is 2.22. The van der Waals surface area contributed by atoms with Crippen LogP contribution in [0.15, 0.2) is 48.5 Å². The molecule has 1 unspecified atom stereocenters. The molecular formula is C23H32N3O2+. The molecule has 0 saturated heterocycles. The number of hydrogen-bond donors (Lipinski definition) is 2. The molecule has 3 rings (SSSR count). The first-order valence-electron chi connectivity index (χ1n) is 10.2. The highest BCUT2D eigenvalue weighted by molar-refractivity contribution is 5.73. The Kier molecular flexibility index (Phi) is 6.93. The van der Waals surface area contributed by atoms with E-state index in [0.29, 0.717) is 12.5 Å². The summed E-state index contributed by atoms with van der Waals surface area (Å²) < 4.78 is 9.90. The van der Waals surface area contributed by atoms with Gasteiger partial charge in [0.05, 0.1) is 6.54 Å². The van der Waals surface area contributed by atoms with Crippen LogP contribution in [0.25, 0.3) is 11.0 Å². The molecule has 1 aromatic heterocycles. The number of para-hydroxylation sites is 2. The van der Waals surface area contributed by atoms with E-state index in [9.17, 15) is 5.11 Å². The number of nitrogens with two attached hydrogens (primary N) is 1. The van der Waals surface area contributed by atoms with Crippen molar-refractivity contribution in [2.45, 2.75) is 58.7 Å². The number of fused-ring (bicyclic) bond motifs is 1. The fraction of sp³-hybridized carbons (Fsp3) is 0.435. The minimum Gasteiger partial charge on any atom is -0.491 e. The zero-order valence-electron chi connectivity index (χ0n) is 17.0. The lowest BCUT2D eigenvalue weighted by atomic mass is 10.2. The number of aryl methyl sites for hydroxylation is 2. The van der Waals surface area contributed by atoms with Gasteiger partial charge < -0.3 is 9.84 Å². The molecule has 0 spiro atoms. The lowest BCUT2D eigenvalue weighted by molar-refractivity contribution is -0.665. The summed E-state index contributed by atoms with van der Waals surface area (Å²) in [6, 6.07) is 16.0. The van der Waals surface area contributed by atoms with Crippen LogP contribution in [0.2, 0.25) is 0 Å². The van der Waals surface area contributed by atoms with Crippen molar-refractivity contribution >= 4 is 17.0 Å². The molecule has 3 N–H and O–H groups in total. The molecule has 2 aromatic carbocycles. The van der Waals surface area contributed by atoms with E-state index in [1.165, 1.54) is 24.8 Å². The number of unbranched alkanes of at least 4 members (excludes halogenated alkanes) is 3. The van der Waals surface area contributed by atoms with E-state index >= 15 is 0 Å². The molecule has 1 heterocycles. The fourth-order valence-electron chi connectivity index (χ4n) is 3.53. The normalized spacial score (nSPS) is 12.4. The van der Waals surface area contributed by atoms with Crippen molar-refractivity contribution in [2.24, 2.45) is 0 Å². The molecule has 28 heavy (non-hydrogen) atoms. The first kappa shape index (κ1) is 20.2. The summed E-state index contributed by atoms with van der Waals surface area (Å²) in [5.41, 5.74) is 9.82. The molecule has 150 valence electrons. The SMILES string of the molecule is CCCCCCn1c(N)[n+](CC(O)COc2ccc(C)cc2)c2ccccc21. The standard InChI is InChI=1S/C23H31N3O2/c1-3-4-5-8-15-25-21-9-6-7-10-22(21)26(23(25)24)16-19(27)17-28-20-13-11-18(2)12-14-20/h6-7,9-14,19,24,27H,3-5,8,15-17H2,1-2H3/p+1. The van der Waals surface area contributed by atoms with Crippen molar-refractivity contribution in [3.05, 3.63) is 54.1 Å². The maximum atomic E-state index is 10.5. The molecule has 0 aliphatic heterocycles. The van der Waals surface area contributed by atoms with Crippen molar-refractivity contribution in [1.82, 2.24) is 4.57 Å². The second kappa shape index (κ2) is 9.60. The van der Waals surface area contributed by atoms with Gasteiger partial charge >= 0.3 is 5.95 Å². The van der Waals surface area contributed by atoms with Gasteiger partial charge in [-0.3, -0.25) is 5.73 Å². The van der Waals surface area contributed by atoms with Gasteiger partial charge in [-0.15, -0.1) is 0 Å². The lowest BCUT2D eigenvalue weighted by Gasteiger charge is -2.12. The monoisotopic (exact) mass is 382 g/mol. The predicted octanol–water partition coefficient (Wildman–Crippen LogP) is 3.84. The number of rotatable bonds is 10. The van der Waals surface area contributed by atoms with Crippen molar-refractivity contribution in [3.63, 3.8) is 0 Å². The summed E-state index contributed by atoms with van der Waals surface area (Å²) >= 11 is 0. The number of nitrogens with zero attached hydrogens (tertiary/aromatic N) is 2. The molecule has 3 aromatic rings. The zero-order chi connectivity index (χ0) is 19.9. The van der Waals surface area contributed by atoms with Crippen LogP contribution in [0.1, 0.15) is 38.2 Å². The van der Waals surface area contributed by atoms with Gasteiger partial charge in [-0.05, 0) is 37.6 Å². The largest absolute Gasteiger partial charge is 0.491 e. The van der Waals surface area contributed by atoms with E-state index in [4.69, 9.17) is 10.5 Å². The fourth-order valence-corrected chi connectivity index (χ4v) is 3.53. The number of benzene rings is 2. The smallest absolute Gasteiger partial charge is 0.356 e. The molecule has 1 atom stereocenters. The molecule has 0 saturated carbocycles. The van der Waals surface area contributed by atoms with Crippen LogP contribution in [-0.4, -0.2) is 22.4 Å². The molecule has 0 bridgehead atoms. The van der Waals surface area contributed by atoms with Gasteiger partial charge in [0.2, 0.25) is 0 Å². The second-order valence-electron chi connectivity index (χ2n) is 7.45. The Morgan fingerprint density at radius 2 is 1.82 bits per heavy atom. The second-order valence-corrected chi connectivity index (χ2v) is 7.45. The lowest BCUT2D eigenvalue weighted by Crippen LogP contribution is -2.43. The number of nitrogen functional groups attached to an aromatic ring is 1. The minimum absolute atomic E-state index is 0.228. The molecule has 0 amide bonds. The van der Waals surface area contributed by atoms with Crippen LogP contribution in [0.3, 0.4) is 0 Å². The highest BCUT2D eigenvalue weighted by Crippen LogP contribution is 2.18. The Labute approximate surface area is 167 Å². The third-order valence-electron chi connectivity index (χ3n) is 5.11. The summed E-state index contributed by atoms with van der Waals surface area (Å²) in [5.74, 6) is 1.45. The Bertz CT molecular complexity index is 887. The average Bonchev–Trinajstić information content (AvgIpc) is 2.96. The zero-order valence-corrected chi connectivity index (χ0v) is 17.0. The van der Waals surface area contributed by atoms with Gasteiger partial charge in [-0.2, -0.15) is 0 Å². The van der Waals surface area contributed by atoms with Gasteiger partial charge in [0.25, 0.3) is 0 Å². The maximum Gasteiger partial charge on any atom is 0.356 e. The minimum atomic E-state index is -0.645. The van der Waals surface area contributed by atoms with Crippen LogP contribution in [0.4, 0.5) is 5.95 Å². The molecule has 0 aliphatic rings. The molecule has 0 fully saturated rings. The first-order chi connectivity index (χ1) is 13.6. The number of hydrogen-bond acceptors (Lipinski definition) is 3. The summed E-state index contributed by atoms with van der Waals surface area (Å²) in [5, 5.41) is 10.5. The van der Waals surface area contributed by atoms with Crippen LogP contribution in [-0.2, 0) is 13.1 Å². The van der Waals surface area contributed by atoms with E-state index in [1.54, 1.807) is 0 Å². The summed E-state index contributed by atoms with van der Waals surface area (Å²) in [6.45, 7) is 5.78. The number of anilines is 1. The van der Waals surface area contributed by atoms with E-state index in [-0.39, 0.29) is 6.61 Å². The maximum absolute atomic E-state index is 10.5. The molecule has 0 aliphatic carbocycles. The topological polar surface area (TPSA) is 64.3 Å². The summed E-state index contributed by atoms with van der Waals surface area (Å²) in [6.07, 6.45) is 4.13. The van der Waals surface area contributed by atoms with Gasteiger partial charge in [-0.25, -0.2) is 9.13 Å². The highest BCUT2D eigenvalue weighted by atomic mass is 16.5. The van der Waals surface area contributed by atoms with E-state index < -0.39 is 6.10 Å². The summed E-state index contributed by atoms with van der Waals surface area (Å²) in [7, 11) is 0. The number of imidazole rings is 1. The van der Waals surface area contributed by atoms with Crippen LogP contribution < -0.4 is 15.0 Å². The van der Waals surface area contributed by atoms with Crippen LogP contribution in [0.5, 0.6) is 5.75 Å². The molecule has 0 radical (unpaired) electrons. The Balaban J connectivity index is 1.70. The van der Waals surface area contributed by atoms with Crippen molar-refractivity contribution in [2.75, 3.05) is 12.3 Å². The van der Waals surface area contributed by atoms with E-state index in [0.717, 1.165) is 29.7 Å². The van der Waals surface area contributed by atoms with Crippen molar-refractivity contribution in [1.29, 1.82) is 0 Å². The third-order valence-corrected chi connectivity index (χ3v) is 5.11. The van der Waals surface area contributed by atoms with Crippen molar-refractivity contribution in [3.8, 4) is 5.75 Å². The van der Waals surface area contributed by atoms with Gasteiger partial charge in [-0.1, -0.05) is 56.0 Å². The van der Waals surface area contributed by atoms with Gasteiger partial charge in [0.15, 0.2) is 0 Å². The Morgan fingerprint density at radius 3 is 2.57 bits per heavy atom. The van der Waals surface area contributed by atoms with Crippen LogP contribution >= 0.6 is 0 Å². The van der Waals surface area contributed by atoms with E-state index in [2.05, 4.69) is 23.6 Å². The molecular weight excluding hydrogens is 350 g/mol. The molecule has 5 heteroatoms. The average molecular weight is 383 g/mol. The van der Waals surface area contributed by atoms with Gasteiger partial charge in [0.1, 0.15) is 36.0 Å².